The number of rotatable bonds is 4. The van der Waals surface area contributed by atoms with Gasteiger partial charge >= 0.3 is 0 Å². The molecule has 3 aromatic rings. The average molecular weight is 547 g/mol. The van der Waals surface area contributed by atoms with Crippen LogP contribution in [0.2, 0.25) is 5.02 Å². The van der Waals surface area contributed by atoms with E-state index in [0.717, 1.165) is 60.0 Å². The van der Waals surface area contributed by atoms with Gasteiger partial charge in [-0.05, 0) is 66.9 Å². The first-order valence-electron chi connectivity index (χ1n) is 13.2. The van der Waals surface area contributed by atoms with E-state index in [-0.39, 0.29) is 17.1 Å². The Hall–Kier alpha value is -2.94. The number of piperidine rings is 1. The van der Waals surface area contributed by atoms with Crippen LogP contribution in [0.4, 0.5) is 5.69 Å². The molecule has 1 N–H and O–H groups in total. The van der Waals surface area contributed by atoms with Crippen molar-refractivity contribution in [1.82, 2.24) is 4.90 Å². The number of para-hydroxylation sites is 1. The molecule has 0 bridgehead atoms. The molecule has 38 heavy (non-hydrogen) atoms. The van der Waals surface area contributed by atoms with Crippen LogP contribution in [0.3, 0.4) is 0 Å². The van der Waals surface area contributed by atoms with Crippen LogP contribution in [0, 0.1) is 6.92 Å². The van der Waals surface area contributed by atoms with Crippen LogP contribution in [-0.2, 0) is 10.2 Å². The summed E-state index contributed by atoms with van der Waals surface area (Å²) in [7, 11) is 2.56. The molecular formula is C32H36ClN2O2P. The molecule has 5 rings (SSSR count). The molecule has 3 aromatic carbocycles. The number of nitrogens with one attached hydrogen (secondary N) is 1. The molecule has 2 aliphatic rings. The number of Topliss-reactive ketones (excluding diaryl/α,β-unsaturated/α-hetero) is 1. The number of carbonyl (C=O) groups is 2. The van der Waals surface area contributed by atoms with E-state index in [1.54, 1.807) is 0 Å². The number of anilines is 1. The van der Waals surface area contributed by atoms with E-state index >= 15 is 0 Å². The van der Waals surface area contributed by atoms with Crippen molar-refractivity contribution < 1.29 is 9.59 Å². The summed E-state index contributed by atoms with van der Waals surface area (Å²) in [5.41, 5.74) is 6.43. The van der Waals surface area contributed by atoms with Gasteiger partial charge in [-0.1, -0.05) is 73.1 Å². The molecule has 1 unspecified atom stereocenters. The zero-order valence-corrected chi connectivity index (χ0v) is 24.3. The Labute approximate surface area is 233 Å². The van der Waals surface area contributed by atoms with E-state index in [2.05, 4.69) is 38.8 Å². The first kappa shape index (κ1) is 28.1. The largest absolute Gasteiger partial charge is 0.384 e. The van der Waals surface area contributed by atoms with Crippen molar-refractivity contribution in [3.63, 3.8) is 0 Å². The molecule has 0 aliphatic carbocycles. The van der Waals surface area contributed by atoms with Gasteiger partial charge in [0.05, 0.1) is 0 Å². The number of ketones is 1. The lowest BCUT2D eigenvalue weighted by molar-refractivity contribution is -0.126. The lowest BCUT2D eigenvalue weighted by atomic mass is 9.74. The third-order valence-corrected chi connectivity index (χ3v) is 8.44. The first-order valence-corrected chi connectivity index (χ1v) is 14.2. The minimum absolute atomic E-state index is 0.122. The molecule has 0 radical (unpaired) electrons. The molecule has 1 saturated heterocycles. The normalized spacial score (nSPS) is 15.8. The summed E-state index contributed by atoms with van der Waals surface area (Å²) in [5, 5.41) is 5.24. The maximum Gasteiger partial charge on any atom is 0.254 e. The molecule has 1 atom stereocenters. The predicted octanol–water partition coefficient (Wildman–Crippen LogP) is 6.82. The Morgan fingerprint density at radius 2 is 1.71 bits per heavy atom. The maximum absolute atomic E-state index is 13.2. The Morgan fingerprint density at radius 1 is 1.03 bits per heavy atom. The number of aryl methyl sites for hydroxylation is 1. The van der Waals surface area contributed by atoms with Crippen molar-refractivity contribution in [3.8, 4) is 0 Å². The molecule has 1 fully saturated rings. The number of nitrogens with zero attached hydrogens (tertiary/aromatic N) is 1. The van der Waals surface area contributed by atoms with Gasteiger partial charge in [-0.2, -0.15) is 0 Å². The molecule has 4 nitrogen and oxygen atoms in total. The van der Waals surface area contributed by atoms with Gasteiger partial charge in [-0.3, -0.25) is 9.59 Å². The van der Waals surface area contributed by atoms with E-state index in [1.807, 2.05) is 74.2 Å². The van der Waals surface area contributed by atoms with Crippen LogP contribution in [0.1, 0.15) is 60.2 Å². The highest BCUT2D eigenvalue weighted by atomic mass is 35.5. The zero-order chi connectivity index (χ0) is 27.3. The Kier molecular flexibility index (Phi) is 9.07. The summed E-state index contributed by atoms with van der Waals surface area (Å²) in [4.78, 5) is 26.5. The molecule has 198 valence electrons. The standard InChI is InChI=1S/C23H25ClN2O.C9H11OP/c1-3-18(19-9-8-17(24)14-16(19)2)22(27)26-12-10-23(11-13-26)15-25-21-7-5-4-6-20(21)23;1-2-8(10)7-5-3-4-6-9(7)11/h3-9,14,25H,10-13,15H2,1-2H3;3-6H,2,11H2,1H3/b18-3+;. The second kappa shape index (κ2) is 12.3. The van der Waals surface area contributed by atoms with Crippen molar-refractivity contribution >= 4 is 49.1 Å². The number of hydrogen-bond acceptors (Lipinski definition) is 3. The fourth-order valence-corrected chi connectivity index (χ4v) is 6.07. The van der Waals surface area contributed by atoms with Crippen LogP contribution in [0.5, 0.6) is 0 Å². The highest BCUT2D eigenvalue weighted by Crippen LogP contribution is 2.44. The van der Waals surface area contributed by atoms with Crippen molar-refractivity contribution in [3.05, 3.63) is 100 Å². The second-order valence-electron chi connectivity index (χ2n) is 10.00. The second-order valence-corrected chi connectivity index (χ2v) is 11.1. The monoisotopic (exact) mass is 546 g/mol. The van der Waals surface area contributed by atoms with E-state index < -0.39 is 0 Å². The van der Waals surface area contributed by atoms with Crippen LogP contribution in [0.25, 0.3) is 5.57 Å². The van der Waals surface area contributed by atoms with Gasteiger partial charge in [0.15, 0.2) is 5.78 Å². The minimum Gasteiger partial charge on any atom is -0.384 e. The first-order chi connectivity index (χ1) is 18.3. The van der Waals surface area contributed by atoms with Crippen molar-refractivity contribution in [2.45, 2.75) is 45.4 Å². The van der Waals surface area contributed by atoms with Crippen LogP contribution >= 0.6 is 20.8 Å². The Bertz CT molecular complexity index is 1360. The fraction of sp³-hybridized carbons (Fsp3) is 0.312. The Morgan fingerprint density at radius 3 is 2.37 bits per heavy atom. The van der Waals surface area contributed by atoms with E-state index in [9.17, 15) is 9.59 Å². The third-order valence-electron chi connectivity index (χ3n) is 7.70. The van der Waals surface area contributed by atoms with Crippen LogP contribution in [0.15, 0.2) is 72.8 Å². The smallest absolute Gasteiger partial charge is 0.254 e. The zero-order valence-electron chi connectivity index (χ0n) is 22.4. The number of likely N-dealkylation sites (tertiary alicyclic amines) is 1. The molecule has 0 aromatic heterocycles. The van der Waals surface area contributed by atoms with Crippen LogP contribution < -0.4 is 10.6 Å². The number of hydrogen-bond donors (Lipinski definition) is 1. The number of benzene rings is 3. The van der Waals surface area contributed by atoms with Crippen molar-refractivity contribution in [2.75, 3.05) is 25.0 Å². The third kappa shape index (κ3) is 5.87. The molecule has 2 heterocycles. The summed E-state index contributed by atoms with van der Waals surface area (Å²) in [6, 6.07) is 21.9. The van der Waals surface area contributed by atoms with E-state index in [4.69, 9.17) is 11.6 Å². The lowest BCUT2D eigenvalue weighted by Gasteiger charge is -2.39. The van der Waals surface area contributed by atoms with Gasteiger partial charge in [0.25, 0.3) is 5.91 Å². The summed E-state index contributed by atoms with van der Waals surface area (Å²) >= 11 is 6.08. The number of allylic oxidation sites excluding steroid dienone is 1. The van der Waals surface area contributed by atoms with E-state index in [1.165, 1.54) is 11.3 Å². The fourth-order valence-electron chi connectivity index (χ4n) is 5.48. The molecular weight excluding hydrogens is 511 g/mol. The lowest BCUT2D eigenvalue weighted by Crippen LogP contribution is -2.46. The van der Waals surface area contributed by atoms with Gasteiger partial charge in [0, 0.05) is 53.3 Å². The number of halogens is 1. The molecule has 2 aliphatic heterocycles. The Balaban J connectivity index is 0.000000257. The SMILES string of the molecule is C/C=C(/C(=O)N1CCC2(CC1)CNc1ccccc12)c1ccc(Cl)cc1C.CCC(=O)c1ccccc1P. The highest BCUT2D eigenvalue weighted by molar-refractivity contribution is 7.27. The molecule has 1 spiro atoms. The summed E-state index contributed by atoms with van der Waals surface area (Å²) in [6.07, 6.45) is 4.50. The van der Waals surface area contributed by atoms with Gasteiger partial charge in [-0.25, -0.2) is 0 Å². The van der Waals surface area contributed by atoms with Crippen molar-refractivity contribution in [1.29, 1.82) is 0 Å². The number of fused-ring (bicyclic) bond motifs is 2. The minimum atomic E-state index is 0.122. The van der Waals surface area contributed by atoms with Gasteiger partial charge in [0.1, 0.15) is 0 Å². The number of carbonyl (C=O) groups excluding carboxylic acids is 2. The average Bonchev–Trinajstić information content (AvgIpc) is 3.28. The number of amides is 1. The van der Waals surface area contributed by atoms with Crippen molar-refractivity contribution in [2.24, 2.45) is 0 Å². The van der Waals surface area contributed by atoms with Crippen LogP contribution in [-0.4, -0.2) is 36.2 Å². The van der Waals surface area contributed by atoms with Gasteiger partial charge in [-0.15, -0.1) is 9.24 Å². The molecule has 0 saturated carbocycles. The highest BCUT2D eigenvalue weighted by Gasteiger charge is 2.42. The maximum atomic E-state index is 13.2. The quantitative estimate of drug-likeness (QED) is 0.222. The van der Waals surface area contributed by atoms with Gasteiger partial charge < -0.3 is 10.2 Å². The topological polar surface area (TPSA) is 49.4 Å². The molecule has 6 heteroatoms. The summed E-state index contributed by atoms with van der Waals surface area (Å²) in [6.45, 7) is 8.37. The summed E-state index contributed by atoms with van der Waals surface area (Å²) in [5.74, 6) is 0.326. The van der Waals surface area contributed by atoms with E-state index in [0.29, 0.717) is 11.4 Å². The summed E-state index contributed by atoms with van der Waals surface area (Å²) < 4.78 is 0. The molecule has 1 amide bonds. The van der Waals surface area contributed by atoms with Gasteiger partial charge in [0.2, 0.25) is 0 Å². The predicted molar refractivity (Wildman–Crippen MR) is 163 cm³/mol.